The quantitative estimate of drug-likeness (QED) is 0.736. The number of rotatable bonds is 5. The number of carbonyl (C=O) groups excluding carboxylic acids is 1. The van der Waals surface area contributed by atoms with Crippen LogP contribution in [0.25, 0.3) is 0 Å². The van der Waals surface area contributed by atoms with E-state index in [1.165, 1.54) is 0 Å². The van der Waals surface area contributed by atoms with Crippen LogP contribution in [-0.2, 0) is 11.2 Å². The minimum absolute atomic E-state index is 0.0538. The maximum atomic E-state index is 11.8. The summed E-state index contributed by atoms with van der Waals surface area (Å²) in [6.07, 6.45) is 1.67. The molecular formula is C12H21N5O2. The largest absolute Gasteiger partial charge is 0.354 e. The average Bonchev–Trinajstić information content (AvgIpc) is 2.63. The summed E-state index contributed by atoms with van der Waals surface area (Å²) in [5.74, 6) is 1.24. The van der Waals surface area contributed by atoms with Crippen LogP contribution >= 0.6 is 0 Å². The maximum Gasteiger partial charge on any atom is 0.234 e. The third-order valence-electron chi connectivity index (χ3n) is 3.03. The van der Waals surface area contributed by atoms with Gasteiger partial charge in [0.05, 0.1) is 6.54 Å². The Hall–Kier alpha value is -1.47. The molecule has 1 aliphatic rings. The van der Waals surface area contributed by atoms with Crippen LogP contribution in [0.15, 0.2) is 4.52 Å². The third-order valence-corrected chi connectivity index (χ3v) is 3.03. The Morgan fingerprint density at radius 1 is 1.47 bits per heavy atom. The van der Waals surface area contributed by atoms with E-state index in [0.29, 0.717) is 31.2 Å². The summed E-state index contributed by atoms with van der Waals surface area (Å²) in [5, 5.41) is 9.90. The Morgan fingerprint density at radius 3 is 3.16 bits per heavy atom. The van der Waals surface area contributed by atoms with Crippen molar-refractivity contribution in [2.45, 2.75) is 19.8 Å². The van der Waals surface area contributed by atoms with Crippen molar-refractivity contribution >= 4 is 5.91 Å². The highest BCUT2D eigenvalue weighted by Crippen LogP contribution is 1.96. The lowest BCUT2D eigenvalue weighted by molar-refractivity contribution is -0.122. The first kappa shape index (κ1) is 14.0. The Labute approximate surface area is 112 Å². The highest BCUT2D eigenvalue weighted by Gasteiger charge is 2.12. The van der Waals surface area contributed by atoms with E-state index < -0.39 is 0 Å². The van der Waals surface area contributed by atoms with Crippen molar-refractivity contribution in [1.82, 2.24) is 25.7 Å². The van der Waals surface area contributed by atoms with Crippen LogP contribution in [0.3, 0.4) is 0 Å². The van der Waals surface area contributed by atoms with Crippen molar-refractivity contribution in [2.24, 2.45) is 0 Å². The van der Waals surface area contributed by atoms with Gasteiger partial charge in [-0.2, -0.15) is 4.98 Å². The first-order valence-corrected chi connectivity index (χ1v) is 6.73. The monoisotopic (exact) mass is 267 g/mol. The molecule has 1 amide bonds. The molecule has 0 aromatic carbocycles. The first-order chi connectivity index (χ1) is 9.24. The number of aryl methyl sites for hydroxylation is 1. The Morgan fingerprint density at radius 2 is 2.37 bits per heavy atom. The summed E-state index contributed by atoms with van der Waals surface area (Å²) in [4.78, 5) is 18.0. The molecule has 0 radical (unpaired) electrons. The zero-order valence-electron chi connectivity index (χ0n) is 11.3. The van der Waals surface area contributed by atoms with Gasteiger partial charge in [-0.05, 0) is 26.4 Å². The van der Waals surface area contributed by atoms with E-state index in [-0.39, 0.29) is 5.91 Å². The van der Waals surface area contributed by atoms with Crippen molar-refractivity contribution in [2.75, 3.05) is 39.3 Å². The van der Waals surface area contributed by atoms with E-state index >= 15 is 0 Å². The number of hydrogen-bond donors (Lipinski definition) is 2. The molecule has 1 aromatic rings. The lowest BCUT2D eigenvalue weighted by atomic mass is 10.3. The number of carbonyl (C=O) groups is 1. The van der Waals surface area contributed by atoms with Crippen molar-refractivity contribution in [3.05, 3.63) is 11.7 Å². The average molecular weight is 267 g/mol. The summed E-state index contributed by atoms with van der Waals surface area (Å²) in [6.45, 7) is 6.67. The molecule has 106 valence electrons. The third kappa shape index (κ3) is 4.96. The predicted octanol–water partition coefficient (Wildman–Crippen LogP) is -0.668. The minimum atomic E-state index is 0.0538. The van der Waals surface area contributed by atoms with Gasteiger partial charge in [0.1, 0.15) is 0 Å². The van der Waals surface area contributed by atoms with Gasteiger partial charge < -0.3 is 15.2 Å². The molecule has 0 saturated carbocycles. The van der Waals surface area contributed by atoms with Gasteiger partial charge in [-0.3, -0.25) is 9.69 Å². The van der Waals surface area contributed by atoms with E-state index in [2.05, 4.69) is 25.7 Å². The molecule has 0 bridgehead atoms. The molecule has 0 aliphatic carbocycles. The van der Waals surface area contributed by atoms with E-state index in [1.54, 1.807) is 6.92 Å². The summed E-state index contributed by atoms with van der Waals surface area (Å²) in [7, 11) is 0. The Kier molecular flexibility index (Phi) is 5.29. The lowest BCUT2D eigenvalue weighted by Crippen LogP contribution is -2.39. The first-order valence-electron chi connectivity index (χ1n) is 6.73. The Bertz CT molecular complexity index is 399. The molecule has 2 heterocycles. The number of amides is 1. The van der Waals surface area contributed by atoms with Gasteiger partial charge in [0.2, 0.25) is 11.8 Å². The van der Waals surface area contributed by atoms with E-state index in [0.717, 1.165) is 32.6 Å². The molecule has 7 nitrogen and oxygen atoms in total. The fourth-order valence-corrected chi connectivity index (χ4v) is 2.07. The Balaban J connectivity index is 1.63. The smallest absolute Gasteiger partial charge is 0.234 e. The lowest BCUT2D eigenvalue weighted by Gasteiger charge is -2.18. The molecule has 2 rings (SSSR count). The second kappa shape index (κ2) is 7.20. The molecule has 1 fully saturated rings. The second-order valence-corrected chi connectivity index (χ2v) is 4.71. The van der Waals surface area contributed by atoms with E-state index in [9.17, 15) is 4.79 Å². The van der Waals surface area contributed by atoms with Crippen LogP contribution in [0.2, 0.25) is 0 Å². The standard InChI is InChI=1S/C12H21N5O2/c1-10-15-12(19-16-10)3-5-14-11(18)9-17-7-2-4-13-6-8-17/h13H,2-9H2,1H3,(H,14,18). The summed E-state index contributed by atoms with van der Waals surface area (Å²) in [6, 6.07) is 0. The highest BCUT2D eigenvalue weighted by atomic mass is 16.5. The van der Waals surface area contributed by atoms with Crippen LogP contribution in [0.4, 0.5) is 0 Å². The van der Waals surface area contributed by atoms with E-state index in [1.807, 2.05) is 0 Å². The molecule has 19 heavy (non-hydrogen) atoms. The SMILES string of the molecule is Cc1noc(CCNC(=O)CN2CCCNCC2)n1. The zero-order chi connectivity index (χ0) is 13.5. The van der Waals surface area contributed by atoms with Crippen LogP contribution in [0, 0.1) is 6.92 Å². The summed E-state index contributed by atoms with van der Waals surface area (Å²) < 4.78 is 4.98. The molecular weight excluding hydrogens is 246 g/mol. The fourth-order valence-electron chi connectivity index (χ4n) is 2.07. The predicted molar refractivity (Wildman–Crippen MR) is 69.7 cm³/mol. The van der Waals surface area contributed by atoms with Gasteiger partial charge >= 0.3 is 0 Å². The van der Waals surface area contributed by atoms with Crippen molar-refractivity contribution in [1.29, 1.82) is 0 Å². The molecule has 1 aliphatic heterocycles. The maximum absolute atomic E-state index is 11.8. The summed E-state index contributed by atoms with van der Waals surface area (Å²) in [5.41, 5.74) is 0. The molecule has 1 aromatic heterocycles. The number of nitrogens with zero attached hydrogens (tertiary/aromatic N) is 3. The highest BCUT2D eigenvalue weighted by molar-refractivity contribution is 5.77. The number of aromatic nitrogens is 2. The van der Waals surface area contributed by atoms with Crippen molar-refractivity contribution in [3.63, 3.8) is 0 Å². The van der Waals surface area contributed by atoms with Gasteiger partial charge in [-0.1, -0.05) is 5.16 Å². The minimum Gasteiger partial charge on any atom is -0.354 e. The van der Waals surface area contributed by atoms with E-state index in [4.69, 9.17) is 4.52 Å². The molecule has 1 saturated heterocycles. The van der Waals surface area contributed by atoms with Gasteiger partial charge in [0.15, 0.2) is 5.82 Å². The summed E-state index contributed by atoms with van der Waals surface area (Å²) >= 11 is 0. The van der Waals surface area contributed by atoms with Gasteiger partial charge in [-0.15, -0.1) is 0 Å². The normalized spacial score (nSPS) is 17.1. The number of hydrogen-bond acceptors (Lipinski definition) is 6. The molecule has 2 N–H and O–H groups in total. The molecule has 7 heteroatoms. The van der Waals surface area contributed by atoms with Gasteiger partial charge in [0.25, 0.3) is 0 Å². The molecule has 0 spiro atoms. The molecule has 0 atom stereocenters. The van der Waals surface area contributed by atoms with Gasteiger partial charge in [-0.25, -0.2) is 0 Å². The number of nitrogens with one attached hydrogen (secondary N) is 2. The van der Waals surface area contributed by atoms with Crippen LogP contribution in [0.1, 0.15) is 18.1 Å². The zero-order valence-corrected chi connectivity index (χ0v) is 11.3. The van der Waals surface area contributed by atoms with Crippen LogP contribution in [0.5, 0.6) is 0 Å². The van der Waals surface area contributed by atoms with Crippen molar-refractivity contribution < 1.29 is 9.32 Å². The molecule has 0 unspecified atom stereocenters. The topological polar surface area (TPSA) is 83.3 Å². The fraction of sp³-hybridized carbons (Fsp3) is 0.750. The van der Waals surface area contributed by atoms with Gasteiger partial charge in [0, 0.05) is 26.1 Å². The van der Waals surface area contributed by atoms with Crippen LogP contribution in [-0.4, -0.2) is 60.2 Å². The van der Waals surface area contributed by atoms with Crippen LogP contribution < -0.4 is 10.6 Å². The van der Waals surface area contributed by atoms with Crippen molar-refractivity contribution in [3.8, 4) is 0 Å². The second-order valence-electron chi connectivity index (χ2n) is 4.71.